The van der Waals surface area contributed by atoms with Crippen LogP contribution in [0.25, 0.3) is 0 Å². The van der Waals surface area contributed by atoms with Crippen molar-refractivity contribution in [2.75, 3.05) is 12.0 Å². The fourth-order valence-corrected chi connectivity index (χ4v) is 2.50. The number of hydrogen-bond donors (Lipinski definition) is 2. The lowest BCUT2D eigenvalue weighted by Crippen LogP contribution is -2.21. The van der Waals surface area contributed by atoms with Crippen molar-refractivity contribution in [1.29, 1.82) is 0 Å². The molecule has 2 aliphatic rings. The second-order valence-electron chi connectivity index (χ2n) is 5.62. The van der Waals surface area contributed by atoms with Gasteiger partial charge < -0.3 is 10.6 Å². The van der Waals surface area contributed by atoms with E-state index in [2.05, 4.69) is 10.6 Å². The molecule has 0 aromatic heterocycles. The number of anilines is 1. The molecule has 0 atom stereocenters. The standard InChI is InChI=1S/C15H15F2N3O2/c1-9-13(20(22)8-18-9)14(21)19-12-4-2-3-11(7-12)15(16,17)10-5-6-10/h2-4,7,10H,5-6,8H2,1H3,(H-,18,19,21,22)/p+1. The molecule has 22 heavy (non-hydrogen) atoms. The van der Waals surface area contributed by atoms with Crippen LogP contribution < -0.4 is 10.6 Å². The summed E-state index contributed by atoms with van der Waals surface area (Å²) < 4.78 is 28.7. The Kier molecular flexibility index (Phi) is 3.42. The van der Waals surface area contributed by atoms with Crippen LogP contribution in [0.4, 0.5) is 14.5 Å². The first-order valence-corrected chi connectivity index (χ1v) is 7.08. The van der Waals surface area contributed by atoms with E-state index in [-0.39, 0.29) is 23.6 Å². The monoisotopic (exact) mass is 308 g/mol. The molecule has 1 aromatic rings. The lowest BCUT2D eigenvalue weighted by Gasteiger charge is -2.16. The number of alkyl halides is 2. The van der Waals surface area contributed by atoms with Gasteiger partial charge in [-0.05, 0) is 31.9 Å². The normalized spacial score (nSPS) is 18.4. The molecule has 3 rings (SSSR count). The fraction of sp³-hybridized carbons (Fsp3) is 0.400. The van der Waals surface area contributed by atoms with E-state index in [0.717, 1.165) is 0 Å². The molecular weight excluding hydrogens is 292 g/mol. The summed E-state index contributed by atoms with van der Waals surface area (Å²) >= 11 is 0. The van der Waals surface area contributed by atoms with Gasteiger partial charge in [0.15, 0.2) is 0 Å². The van der Waals surface area contributed by atoms with Crippen molar-refractivity contribution >= 4 is 11.6 Å². The van der Waals surface area contributed by atoms with Crippen LogP contribution in [0.15, 0.2) is 35.7 Å². The Hall–Kier alpha value is -2.31. The lowest BCUT2D eigenvalue weighted by atomic mass is 10.0. The molecule has 5 nitrogen and oxygen atoms in total. The van der Waals surface area contributed by atoms with Gasteiger partial charge in [0.1, 0.15) is 0 Å². The number of hydrogen-bond acceptors (Lipinski definition) is 3. The van der Waals surface area contributed by atoms with Crippen LogP contribution in [0.5, 0.6) is 0 Å². The van der Waals surface area contributed by atoms with Gasteiger partial charge in [0.05, 0.1) is 10.5 Å². The van der Waals surface area contributed by atoms with Crippen molar-refractivity contribution in [3.05, 3.63) is 46.1 Å². The Morgan fingerprint density at radius 1 is 1.41 bits per heavy atom. The number of allylic oxidation sites excluding steroid dienone is 1. The van der Waals surface area contributed by atoms with Crippen molar-refractivity contribution < 1.29 is 18.3 Å². The molecular formula is C15H16F2N3O2+. The Morgan fingerprint density at radius 3 is 2.73 bits per heavy atom. The zero-order chi connectivity index (χ0) is 15.9. The maximum atomic E-state index is 14.1. The highest BCUT2D eigenvalue weighted by atomic mass is 19.3. The summed E-state index contributed by atoms with van der Waals surface area (Å²) in [6, 6.07) is 5.63. The maximum absolute atomic E-state index is 14.1. The Labute approximate surface area is 126 Å². The van der Waals surface area contributed by atoms with Gasteiger partial charge in [-0.15, -0.1) is 0 Å². The van der Waals surface area contributed by atoms with Gasteiger partial charge >= 0.3 is 11.6 Å². The molecule has 1 saturated carbocycles. The highest BCUT2D eigenvalue weighted by molar-refractivity contribution is 6.02. The van der Waals surface area contributed by atoms with E-state index in [0.29, 0.717) is 23.3 Å². The molecule has 7 heteroatoms. The molecule has 1 aliphatic heterocycles. The highest BCUT2D eigenvalue weighted by Crippen LogP contribution is 2.49. The Balaban J connectivity index is 1.80. The van der Waals surface area contributed by atoms with E-state index in [1.807, 2.05) is 0 Å². The zero-order valence-corrected chi connectivity index (χ0v) is 12.0. The predicted octanol–water partition coefficient (Wildman–Crippen LogP) is 2.70. The van der Waals surface area contributed by atoms with Crippen molar-refractivity contribution in [1.82, 2.24) is 5.32 Å². The lowest BCUT2D eigenvalue weighted by molar-refractivity contribution is -0.485. The topological polar surface area (TPSA) is 61.2 Å². The summed E-state index contributed by atoms with van der Waals surface area (Å²) in [6.07, 6.45) is 1.04. The minimum atomic E-state index is -2.88. The molecule has 1 aliphatic carbocycles. The highest BCUT2D eigenvalue weighted by Gasteiger charge is 2.48. The predicted molar refractivity (Wildman–Crippen MR) is 76.0 cm³/mol. The Morgan fingerprint density at radius 2 is 2.14 bits per heavy atom. The number of amides is 1. The van der Waals surface area contributed by atoms with Crippen LogP contribution in [0.1, 0.15) is 25.3 Å². The first-order valence-electron chi connectivity index (χ1n) is 7.08. The molecule has 0 bridgehead atoms. The molecule has 0 spiro atoms. The number of carbonyl (C=O) groups is 1. The quantitative estimate of drug-likeness (QED) is 0.841. The number of halogens is 2. The summed E-state index contributed by atoms with van der Waals surface area (Å²) in [7, 11) is 0. The Bertz CT molecular complexity index is 681. The van der Waals surface area contributed by atoms with Crippen LogP contribution in [-0.2, 0) is 10.7 Å². The third-order valence-electron chi connectivity index (χ3n) is 3.90. The summed E-state index contributed by atoms with van der Waals surface area (Å²) in [5.74, 6) is -4.10. The van der Waals surface area contributed by atoms with Crippen LogP contribution >= 0.6 is 0 Å². The molecule has 1 heterocycles. The van der Waals surface area contributed by atoms with E-state index < -0.39 is 17.7 Å². The summed E-state index contributed by atoms with van der Waals surface area (Å²) in [6.45, 7) is 1.62. The molecule has 116 valence electrons. The van der Waals surface area contributed by atoms with E-state index >= 15 is 0 Å². The number of rotatable bonds is 4. The molecule has 0 saturated heterocycles. The smallest absolute Gasteiger partial charge is 0.325 e. The number of nitrogens with zero attached hydrogens (tertiary/aromatic N) is 1. The van der Waals surface area contributed by atoms with E-state index in [1.54, 1.807) is 6.92 Å². The summed E-state index contributed by atoms with van der Waals surface area (Å²) in [4.78, 5) is 23.7. The van der Waals surface area contributed by atoms with E-state index in [1.165, 1.54) is 24.3 Å². The first-order chi connectivity index (χ1) is 10.4. The van der Waals surface area contributed by atoms with Gasteiger partial charge in [0.2, 0.25) is 0 Å². The number of carbonyl (C=O) groups excluding carboxylic acids is 1. The first kappa shape index (κ1) is 14.6. The summed E-state index contributed by atoms with van der Waals surface area (Å²) in [5, 5.41) is 5.26. The third-order valence-corrected chi connectivity index (χ3v) is 3.90. The van der Waals surface area contributed by atoms with E-state index in [9.17, 15) is 18.5 Å². The molecule has 1 fully saturated rings. The van der Waals surface area contributed by atoms with Gasteiger partial charge in [0, 0.05) is 22.1 Å². The van der Waals surface area contributed by atoms with Crippen LogP contribution in [0.3, 0.4) is 0 Å². The SMILES string of the molecule is CC1=C(C(=O)Nc2cccc(C(F)(F)C3CC3)c2)[N+](=O)CN1. The van der Waals surface area contributed by atoms with Crippen LogP contribution in [0, 0.1) is 10.8 Å². The molecule has 2 N–H and O–H groups in total. The van der Waals surface area contributed by atoms with Crippen molar-refractivity contribution in [3.8, 4) is 0 Å². The zero-order valence-electron chi connectivity index (χ0n) is 12.0. The number of nitroso groups, excluding NO2 is 1. The molecule has 0 unspecified atom stereocenters. The largest absolute Gasteiger partial charge is 0.341 e. The number of benzene rings is 1. The molecule has 0 radical (unpaired) electrons. The van der Waals surface area contributed by atoms with Crippen LogP contribution in [-0.4, -0.2) is 17.3 Å². The third kappa shape index (κ3) is 2.58. The maximum Gasteiger partial charge on any atom is 0.341 e. The van der Waals surface area contributed by atoms with Gasteiger partial charge in [-0.2, -0.15) is 0 Å². The fourth-order valence-electron chi connectivity index (χ4n) is 2.50. The van der Waals surface area contributed by atoms with Crippen molar-refractivity contribution in [3.63, 3.8) is 0 Å². The average molecular weight is 308 g/mol. The number of nitrogens with one attached hydrogen (secondary N) is 2. The molecule has 1 amide bonds. The van der Waals surface area contributed by atoms with E-state index in [4.69, 9.17) is 0 Å². The van der Waals surface area contributed by atoms with Gasteiger partial charge in [-0.1, -0.05) is 12.1 Å². The minimum absolute atomic E-state index is 0.00831. The van der Waals surface area contributed by atoms with Gasteiger partial charge in [0.25, 0.3) is 12.6 Å². The van der Waals surface area contributed by atoms with Crippen LogP contribution in [0.2, 0.25) is 0 Å². The van der Waals surface area contributed by atoms with Crippen molar-refractivity contribution in [2.45, 2.75) is 25.7 Å². The van der Waals surface area contributed by atoms with Gasteiger partial charge in [-0.25, -0.2) is 8.78 Å². The molecule has 1 aromatic carbocycles. The second-order valence-corrected chi connectivity index (χ2v) is 5.62. The minimum Gasteiger partial charge on any atom is -0.325 e. The van der Waals surface area contributed by atoms with Gasteiger partial charge in [-0.3, -0.25) is 4.79 Å². The average Bonchev–Trinajstić information content (AvgIpc) is 3.26. The summed E-state index contributed by atoms with van der Waals surface area (Å²) in [5.41, 5.74) is 0.580. The second kappa shape index (κ2) is 5.15. The van der Waals surface area contributed by atoms with Crippen molar-refractivity contribution in [2.24, 2.45) is 5.92 Å².